The molecule has 0 unspecified atom stereocenters. The van der Waals surface area contributed by atoms with Crippen LogP contribution in [0.4, 0.5) is 0 Å². The maximum atomic E-state index is 5.45. The molecule has 1 atom stereocenters. The minimum absolute atomic E-state index is 0.661. The summed E-state index contributed by atoms with van der Waals surface area (Å²) in [4.78, 5) is 0. The maximum Gasteiger partial charge on any atom is 0.0965 e. The Morgan fingerprint density at radius 3 is 2.42 bits per heavy atom. The lowest BCUT2D eigenvalue weighted by molar-refractivity contribution is 0.0767. The van der Waals surface area contributed by atoms with E-state index in [1.807, 2.05) is 0 Å². The lowest BCUT2D eigenvalue weighted by Crippen LogP contribution is -2.22. The summed E-state index contributed by atoms with van der Waals surface area (Å²) in [5, 5.41) is 3.21. The summed E-state index contributed by atoms with van der Waals surface area (Å²) in [7, 11) is 0. The summed E-state index contributed by atoms with van der Waals surface area (Å²) in [5.41, 5.74) is 0. The maximum absolute atomic E-state index is 5.45. The molecule has 0 aliphatic rings. The van der Waals surface area contributed by atoms with Crippen LogP contribution < -0.4 is 5.32 Å². The largest absolute Gasteiger partial charge is 0.366 e. The van der Waals surface area contributed by atoms with Crippen molar-refractivity contribution in [2.24, 2.45) is 11.8 Å². The van der Waals surface area contributed by atoms with E-state index in [1.165, 1.54) is 6.42 Å². The smallest absolute Gasteiger partial charge is 0.0965 e. The first-order valence-corrected chi connectivity index (χ1v) is 4.97. The summed E-state index contributed by atoms with van der Waals surface area (Å²) in [5.74, 6) is 1.38. The van der Waals surface area contributed by atoms with E-state index in [0.29, 0.717) is 12.6 Å². The number of rotatable bonds is 7. The molecule has 0 fully saturated rings. The molecule has 1 N–H and O–H groups in total. The molecule has 2 nitrogen and oxygen atoms in total. The molecule has 0 rings (SSSR count). The van der Waals surface area contributed by atoms with E-state index in [1.54, 1.807) is 0 Å². The Kier molecular flexibility index (Phi) is 7.51. The molecule has 12 heavy (non-hydrogen) atoms. The molecule has 0 heterocycles. The van der Waals surface area contributed by atoms with E-state index in [-0.39, 0.29) is 0 Å². The van der Waals surface area contributed by atoms with E-state index in [9.17, 15) is 0 Å². The zero-order valence-electron chi connectivity index (χ0n) is 8.89. The van der Waals surface area contributed by atoms with Crippen molar-refractivity contribution in [3.05, 3.63) is 0 Å². The summed E-state index contributed by atoms with van der Waals surface area (Å²) in [6, 6.07) is 0. The van der Waals surface area contributed by atoms with Crippen molar-refractivity contribution in [1.82, 2.24) is 5.32 Å². The molecule has 0 spiro atoms. The second kappa shape index (κ2) is 7.56. The zero-order valence-corrected chi connectivity index (χ0v) is 8.89. The van der Waals surface area contributed by atoms with Crippen LogP contribution in [0.3, 0.4) is 0 Å². The van der Waals surface area contributed by atoms with Crippen molar-refractivity contribution < 1.29 is 4.74 Å². The average Bonchev–Trinajstić information content (AvgIpc) is 2.03. The van der Waals surface area contributed by atoms with Gasteiger partial charge in [-0.05, 0) is 24.8 Å². The van der Waals surface area contributed by atoms with Crippen molar-refractivity contribution in [1.29, 1.82) is 0 Å². The van der Waals surface area contributed by atoms with Crippen LogP contribution in [-0.2, 0) is 4.74 Å². The number of hydrogen-bond donors (Lipinski definition) is 1. The second-order valence-electron chi connectivity index (χ2n) is 3.74. The van der Waals surface area contributed by atoms with Gasteiger partial charge in [0.25, 0.3) is 0 Å². The van der Waals surface area contributed by atoms with Crippen LogP contribution in [0.1, 0.15) is 34.1 Å². The summed E-state index contributed by atoms with van der Waals surface area (Å²) in [6.45, 7) is 11.5. The van der Waals surface area contributed by atoms with E-state index in [2.05, 4.69) is 33.0 Å². The molecule has 0 amide bonds. The predicted molar refractivity (Wildman–Crippen MR) is 53.1 cm³/mol. The Morgan fingerprint density at radius 2 is 1.92 bits per heavy atom. The second-order valence-corrected chi connectivity index (χ2v) is 3.74. The van der Waals surface area contributed by atoms with E-state index in [4.69, 9.17) is 4.74 Å². The molecular weight excluding hydrogens is 150 g/mol. The number of hydrogen-bond acceptors (Lipinski definition) is 2. The lowest BCUT2D eigenvalue weighted by atomic mass is 10.00. The van der Waals surface area contributed by atoms with Crippen molar-refractivity contribution in [3.63, 3.8) is 0 Å². The molecule has 0 bridgehead atoms. The van der Waals surface area contributed by atoms with E-state index in [0.717, 1.165) is 19.1 Å². The van der Waals surface area contributed by atoms with Crippen molar-refractivity contribution in [2.45, 2.75) is 34.1 Å². The van der Waals surface area contributed by atoms with E-state index >= 15 is 0 Å². The van der Waals surface area contributed by atoms with Gasteiger partial charge in [0.2, 0.25) is 0 Å². The summed E-state index contributed by atoms with van der Waals surface area (Å²) in [6.07, 6.45) is 1.17. The van der Waals surface area contributed by atoms with Crippen LogP contribution in [0.5, 0.6) is 0 Å². The number of nitrogens with one attached hydrogen (secondary N) is 1. The fraction of sp³-hybridized carbons (Fsp3) is 1.00. The highest BCUT2D eigenvalue weighted by Crippen LogP contribution is 2.08. The minimum atomic E-state index is 0.661. The van der Waals surface area contributed by atoms with Gasteiger partial charge in [0, 0.05) is 0 Å². The third-order valence-corrected chi connectivity index (χ3v) is 2.15. The molecule has 0 saturated carbocycles. The molecular formula is C10H23NO. The lowest BCUT2D eigenvalue weighted by Gasteiger charge is -2.15. The molecule has 0 aliphatic carbocycles. The Hall–Kier alpha value is -0.0800. The van der Waals surface area contributed by atoms with Gasteiger partial charge in [-0.2, -0.15) is 0 Å². The normalized spacial score (nSPS) is 13.8. The van der Waals surface area contributed by atoms with Gasteiger partial charge < -0.3 is 4.74 Å². The standard InChI is InChI=1S/C10H23NO/c1-5-6-11-8-12-7-10(4)9(2)3/h9-11H,5-8H2,1-4H3/t10-/m0/s1. The highest BCUT2D eigenvalue weighted by Gasteiger charge is 2.05. The summed E-state index contributed by atoms with van der Waals surface area (Å²) >= 11 is 0. The van der Waals surface area contributed by atoms with Crippen LogP contribution in [0.2, 0.25) is 0 Å². The highest BCUT2D eigenvalue weighted by atomic mass is 16.5. The number of ether oxygens (including phenoxy) is 1. The SMILES string of the molecule is CCCNCOC[C@H](C)C(C)C. The zero-order chi connectivity index (χ0) is 9.40. The minimum Gasteiger partial charge on any atom is -0.366 e. The van der Waals surface area contributed by atoms with Gasteiger partial charge in [0.15, 0.2) is 0 Å². The first-order chi connectivity index (χ1) is 5.68. The monoisotopic (exact) mass is 173 g/mol. The third kappa shape index (κ3) is 6.62. The summed E-state index contributed by atoms with van der Waals surface area (Å²) < 4.78 is 5.45. The van der Waals surface area contributed by atoms with Crippen molar-refractivity contribution in [3.8, 4) is 0 Å². The van der Waals surface area contributed by atoms with Gasteiger partial charge in [-0.15, -0.1) is 0 Å². The first kappa shape index (κ1) is 11.9. The molecule has 0 radical (unpaired) electrons. The van der Waals surface area contributed by atoms with Gasteiger partial charge >= 0.3 is 0 Å². The molecule has 0 aromatic carbocycles. The quantitative estimate of drug-likeness (QED) is 0.471. The Balaban J connectivity index is 3.08. The Morgan fingerprint density at radius 1 is 1.25 bits per heavy atom. The van der Waals surface area contributed by atoms with Crippen LogP contribution in [0.25, 0.3) is 0 Å². The first-order valence-electron chi connectivity index (χ1n) is 4.97. The topological polar surface area (TPSA) is 21.3 Å². The van der Waals surface area contributed by atoms with Crippen molar-refractivity contribution in [2.75, 3.05) is 19.9 Å². The average molecular weight is 173 g/mol. The molecule has 74 valence electrons. The van der Waals surface area contributed by atoms with Crippen LogP contribution >= 0.6 is 0 Å². The van der Waals surface area contributed by atoms with Crippen LogP contribution in [0, 0.1) is 11.8 Å². The Labute approximate surface area is 76.7 Å². The van der Waals surface area contributed by atoms with E-state index < -0.39 is 0 Å². The molecule has 2 heteroatoms. The third-order valence-electron chi connectivity index (χ3n) is 2.15. The molecule has 0 aromatic rings. The van der Waals surface area contributed by atoms with Gasteiger partial charge in [-0.25, -0.2) is 0 Å². The Bertz CT molecular complexity index is 93.8. The predicted octanol–water partition coefficient (Wildman–Crippen LogP) is 2.25. The molecule has 0 aliphatic heterocycles. The van der Waals surface area contributed by atoms with Gasteiger partial charge in [0.1, 0.15) is 0 Å². The van der Waals surface area contributed by atoms with Crippen molar-refractivity contribution >= 4 is 0 Å². The fourth-order valence-corrected chi connectivity index (χ4v) is 0.758. The van der Waals surface area contributed by atoms with Crippen LogP contribution in [-0.4, -0.2) is 19.9 Å². The van der Waals surface area contributed by atoms with Gasteiger partial charge in [-0.1, -0.05) is 27.7 Å². The highest BCUT2D eigenvalue weighted by molar-refractivity contribution is 4.54. The van der Waals surface area contributed by atoms with Gasteiger partial charge in [-0.3, -0.25) is 5.32 Å². The fourth-order valence-electron chi connectivity index (χ4n) is 0.758. The van der Waals surface area contributed by atoms with Crippen LogP contribution in [0.15, 0.2) is 0 Å². The molecule has 0 aromatic heterocycles. The molecule has 0 saturated heterocycles. The van der Waals surface area contributed by atoms with Gasteiger partial charge in [0.05, 0.1) is 13.3 Å².